The van der Waals surface area contributed by atoms with Crippen LogP contribution < -0.4 is 0 Å². The first kappa shape index (κ1) is 18.0. The van der Waals surface area contributed by atoms with Crippen LogP contribution in [0.5, 0.6) is 0 Å². The second-order valence-electron chi connectivity index (χ2n) is 6.51. The molecule has 0 aliphatic carbocycles. The summed E-state index contributed by atoms with van der Waals surface area (Å²) in [6, 6.07) is 5.73. The van der Waals surface area contributed by atoms with Gasteiger partial charge in [0.15, 0.2) is 5.78 Å². The van der Waals surface area contributed by atoms with E-state index in [4.69, 9.17) is 4.74 Å². The van der Waals surface area contributed by atoms with Crippen molar-refractivity contribution in [1.29, 1.82) is 0 Å². The van der Waals surface area contributed by atoms with Crippen LogP contribution in [0.1, 0.15) is 37.0 Å². The number of Topliss-reactive ketones (excluding diaryl/α,β-unsaturated/α-hetero) is 1. The fourth-order valence-corrected chi connectivity index (χ4v) is 2.94. The van der Waals surface area contributed by atoms with Crippen molar-refractivity contribution in [3.05, 3.63) is 35.6 Å². The number of ether oxygens (including phenoxy) is 1. The number of hydrogen-bond acceptors (Lipinski definition) is 4. The van der Waals surface area contributed by atoms with Gasteiger partial charge in [-0.3, -0.25) is 9.69 Å². The van der Waals surface area contributed by atoms with Crippen LogP contribution in [-0.2, 0) is 4.74 Å². The van der Waals surface area contributed by atoms with Crippen molar-refractivity contribution >= 4 is 5.78 Å². The number of ketones is 1. The van der Waals surface area contributed by atoms with E-state index in [9.17, 15) is 14.3 Å². The molecule has 2 atom stereocenters. The van der Waals surface area contributed by atoms with Gasteiger partial charge in [-0.1, -0.05) is 0 Å². The van der Waals surface area contributed by atoms with E-state index in [0.717, 1.165) is 19.4 Å². The van der Waals surface area contributed by atoms with Crippen molar-refractivity contribution in [2.24, 2.45) is 5.92 Å². The number of rotatable bonds is 7. The molecule has 1 fully saturated rings. The number of aliphatic hydroxyl groups is 1. The third-order valence-electron chi connectivity index (χ3n) is 4.10. The predicted octanol–water partition coefficient (Wildman–Crippen LogP) is 2.51. The van der Waals surface area contributed by atoms with Crippen molar-refractivity contribution < 1.29 is 19.0 Å². The lowest BCUT2D eigenvalue weighted by molar-refractivity contribution is -0.0129. The van der Waals surface area contributed by atoms with Crippen LogP contribution in [0.2, 0.25) is 0 Å². The molecular formula is C18H26FNO3. The van der Waals surface area contributed by atoms with Crippen LogP contribution in [0.15, 0.2) is 24.3 Å². The Morgan fingerprint density at radius 3 is 2.74 bits per heavy atom. The Morgan fingerprint density at radius 1 is 1.39 bits per heavy atom. The number of benzene rings is 1. The van der Waals surface area contributed by atoms with Crippen LogP contribution in [0.3, 0.4) is 0 Å². The van der Waals surface area contributed by atoms with Gasteiger partial charge >= 0.3 is 0 Å². The second-order valence-corrected chi connectivity index (χ2v) is 6.51. The van der Waals surface area contributed by atoms with Crippen molar-refractivity contribution in [2.45, 2.75) is 38.9 Å². The zero-order valence-corrected chi connectivity index (χ0v) is 13.9. The van der Waals surface area contributed by atoms with Crippen LogP contribution in [0.4, 0.5) is 4.39 Å². The molecule has 23 heavy (non-hydrogen) atoms. The Kier molecular flexibility index (Phi) is 6.69. The van der Waals surface area contributed by atoms with E-state index in [-0.39, 0.29) is 23.6 Å². The molecule has 5 heteroatoms. The van der Waals surface area contributed by atoms with Gasteiger partial charge < -0.3 is 9.84 Å². The average Bonchev–Trinajstić information content (AvgIpc) is 2.53. The molecule has 1 aromatic rings. The normalized spacial score (nSPS) is 20.7. The molecule has 1 aliphatic heterocycles. The number of carbonyl (C=O) groups is 1. The van der Waals surface area contributed by atoms with Gasteiger partial charge in [-0.25, -0.2) is 4.39 Å². The molecule has 4 nitrogen and oxygen atoms in total. The van der Waals surface area contributed by atoms with Crippen LogP contribution in [-0.4, -0.2) is 54.2 Å². The summed E-state index contributed by atoms with van der Waals surface area (Å²) in [4.78, 5) is 14.6. The summed E-state index contributed by atoms with van der Waals surface area (Å²) >= 11 is 0. The Hall–Kier alpha value is -1.30. The summed E-state index contributed by atoms with van der Waals surface area (Å²) in [5, 5.41) is 10.0. The molecule has 0 bridgehead atoms. The maximum absolute atomic E-state index is 13.0. The minimum Gasteiger partial charge on any atom is -0.389 e. The number of hydrogen-bond donors (Lipinski definition) is 1. The molecule has 0 saturated carbocycles. The Bertz CT molecular complexity index is 503. The number of halogens is 1. The van der Waals surface area contributed by atoms with Gasteiger partial charge in [-0.2, -0.15) is 0 Å². The molecule has 1 saturated heterocycles. The highest BCUT2D eigenvalue weighted by Gasteiger charge is 2.27. The number of β-amino-alcohol motifs (C(OH)–C–C–N with tert-alkyl or cyclic N) is 1. The van der Waals surface area contributed by atoms with E-state index in [1.807, 2.05) is 13.8 Å². The first-order chi connectivity index (χ1) is 11.0. The van der Waals surface area contributed by atoms with Crippen molar-refractivity contribution in [1.82, 2.24) is 4.90 Å². The van der Waals surface area contributed by atoms with E-state index in [1.165, 1.54) is 12.1 Å². The van der Waals surface area contributed by atoms with Crippen molar-refractivity contribution in [3.8, 4) is 0 Å². The summed E-state index contributed by atoms with van der Waals surface area (Å²) in [7, 11) is 0. The first-order valence-electron chi connectivity index (χ1n) is 8.27. The van der Waals surface area contributed by atoms with E-state index in [1.54, 1.807) is 12.1 Å². The maximum Gasteiger partial charge on any atom is 0.167 e. The van der Waals surface area contributed by atoms with Gasteiger partial charge in [0.05, 0.1) is 18.8 Å². The monoisotopic (exact) mass is 323 g/mol. The van der Waals surface area contributed by atoms with E-state index in [2.05, 4.69) is 4.90 Å². The highest BCUT2D eigenvalue weighted by atomic mass is 19.1. The molecule has 1 N–H and O–H groups in total. The van der Waals surface area contributed by atoms with E-state index < -0.39 is 6.10 Å². The fourth-order valence-electron chi connectivity index (χ4n) is 2.94. The predicted molar refractivity (Wildman–Crippen MR) is 87.0 cm³/mol. The molecule has 1 aromatic carbocycles. The number of piperidine rings is 1. The standard InChI is InChI=1S/C18H26FNO3/c1-13(2)23-12-17(21)11-20-9-3-4-15(10-20)18(22)14-5-7-16(19)8-6-14/h5-8,13,15,17,21H,3-4,9-12H2,1-2H3. The maximum atomic E-state index is 13.0. The molecule has 0 spiro atoms. The number of carbonyl (C=O) groups excluding carboxylic acids is 1. The number of nitrogens with zero attached hydrogens (tertiary/aromatic N) is 1. The van der Waals surface area contributed by atoms with Gasteiger partial charge in [-0.05, 0) is 57.5 Å². The zero-order valence-electron chi connectivity index (χ0n) is 13.9. The van der Waals surface area contributed by atoms with Gasteiger partial charge in [0.25, 0.3) is 0 Å². The number of likely N-dealkylation sites (tertiary alicyclic amines) is 1. The Labute approximate surface area is 137 Å². The summed E-state index contributed by atoms with van der Waals surface area (Å²) in [5.74, 6) is -0.366. The highest BCUT2D eigenvalue weighted by molar-refractivity contribution is 5.98. The average molecular weight is 323 g/mol. The molecule has 0 aromatic heterocycles. The van der Waals surface area contributed by atoms with Gasteiger partial charge in [-0.15, -0.1) is 0 Å². The van der Waals surface area contributed by atoms with E-state index >= 15 is 0 Å². The lowest BCUT2D eigenvalue weighted by Gasteiger charge is -2.33. The van der Waals surface area contributed by atoms with Gasteiger partial charge in [0.1, 0.15) is 5.82 Å². The highest BCUT2D eigenvalue weighted by Crippen LogP contribution is 2.21. The summed E-state index contributed by atoms with van der Waals surface area (Å²) in [6.07, 6.45) is 1.32. The van der Waals surface area contributed by atoms with Gasteiger partial charge in [0.2, 0.25) is 0 Å². The minimum atomic E-state index is -0.544. The van der Waals surface area contributed by atoms with Crippen LogP contribution in [0.25, 0.3) is 0 Å². The molecule has 128 valence electrons. The lowest BCUT2D eigenvalue weighted by atomic mass is 9.90. The first-order valence-corrected chi connectivity index (χ1v) is 8.27. The van der Waals surface area contributed by atoms with Gasteiger partial charge in [0, 0.05) is 24.6 Å². The quantitative estimate of drug-likeness (QED) is 0.783. The summed E-state index contributed by atoms with van der Waals surface area (Å²) in [5.41, 5.74) is 0.557. The molecule has 1 aliphatic rings. The molecule has 0 amide bonds. The molecule has 2 unspecified atom stereocenters. The smallest absolute Gasteiger partial charge is 0.167 e. The third kappa shape index (κ3) is 5.68. The third-order valence-corrected chi connectivity index (χ3v) is 4.10. The van der Waals surface area contributed by atoms with Crippen LogP contribution >= 0.6 is 0 Å². The number of aliphatic hydroxyl groups excluding tert-OH is 1. The van der Waals surface area contributed by atoms with Crippen molar-refractivity contribution in [3.63, 3.8) is 0 Å². The summed E-state index contributed by atoms with van der Waals surface area (Å²) in [6.45, 7) is 6.21. The summed E-state index contributed by atoms with van der Waals surface area (Å²) < 4.78 is 18.4. The Morgan fingerprint density at radius 2 is 2.09 bits per heavy atom. The molecule has 1 heterocycles. The van der Waals surface area contributed by atoms with Crippen molar-refractivity contribution in [2.75, 3.05) is 26.2 Å². The fraction of sp³-hybridized carbons (Fsp3) is 0.611. The molecular weight excluding hydrogens is 297 g/mol. The minimum absolute atomic E-state index is 0.0580. The molecule has 0 radical (unpaired) electrons. The SMILES string of the molecule is CC(C)OCC(O)CN1CCCC(C(=O)c2ccc(F)cc2)C1. The molecule has 2 rings (SSSR count). The lowest BCUT2D eigenvalue weighted by Crippen LogP contribution is -2.43. The van der Waals surface area contributed by atoms with E-state index in [0.29, 0.717) is 25.3 Å². The second kappa shape index (κ2) is 8.52. The van der Waals surface area contributed by atoms with Crippen LogP contribution in [0, 0.1) is 11.7 Å². The Balaban J connectivity index is 1.87. The largest absolute Gasteiger partial charge is 0.389 e. The topological polar surface area (TPSA) is 49.8 Å². The zero-order chi connectivity index (χ0) is 16.8.